The van der Waals surface area contributed by atoms with Gasteiger partial charge in [-0.3, -0.25) is 9.69 Å². The molecule has 2 aromatic rings. The Hall–Kier alpha value is -2.98. The first-order valence-corrected chi connectivity index (χ1v) is 11.3. The van der Waals surface area contributed by atoms with Gasteiger partial charge < -0.3 is 24.6 Å². The smallest absolute Gasteiger partial charge is 0.416 e. The number of likely N-dealkylation sites (tertiary alicyclic amines) is 1. The molecule has 2 atom stereocenters. The van der Waals surface area contributed by atoms with Crippen LogP contribution < -0.4 is 19.5 Å². The molecule has 192 valence electrons. The van der Waals surface area contributed by atoms with Gasteiger partial charge in [0.2, 0.25) is 5.91 Å². The van der Waals surface area contributed by atoms with Crippen molar-refractivity contribution in [3.63, 3.8) is 0 Å². The molecule has 0 unspecified atom stereocenters. The number of aliphatic hydroxyl groups is 1. The molecule has 7 nitrogen and oxygen atoms in total. The lowest BCUT2D eigenvalue weighted by Gasteiger charge is -2.37. The molecule has 35 heavy (non-hydrogen) atoms. The monoisotopic (exact) mass is 496 g/mol. The summed E-state index contributed by atoms with van der Waals surface area (Å²) in [4.78, 5) is 14.8. The number of carbonyl (C=O) groups excluding carboxylic acids is 1. The molecule has 1 amide bonds. The summed E-state index contributed by atoms with van der Waals surface area (Å²) in [7, 11) is 3.12. The number of aliphatic hydroxyl groups excluding tert-OH is 1. The molecule has 3 rings (SSSR count). The van der Waals surface area contributed by atoms with Gasteiger partial charge in [0, 0.05) is 32.1 Å². The first-order chi connectivity index (χ1) is 16.7. The summed E-state index contributed by atoms with van der Waals surface area (Å²) in [5.41, 5.74) is 0.201. The molecule has 1 heterocycles. The van der Waals surface area contributed by atoms with Crippen molar-refractivity contribution in [2.24, 2.45) is 11.8 Å². The second-order valence-electron chi connectivity index (χ2n) is 8.53. The molecular weight excluding hydrogens is 465 g/mol. The van der Waals surface area contributed by atoms with Crippen LogP contribution in [0.1, 0.15) is 17.5 Å². The summed E-state index contributed by atoms with van der Waals surface area (Å²) >= 11 is 0. The maximum atomic E-state index is 13.0. The van der Waals surface area contributed by atoms with E-state index < -0.39 is 11.7 Å². The van der Waals surface area contributed by atoms with Gasteiger partial charge in [-0.1, -0.05) is 12.1 Å². The number of hydrogen-bond donors (Lipinski definition) is 2. The molecule has 1 fully saturated rings. The number of piperidine rings is 1. The van der Waals surface area contributed by atoms with Crippen molar-refractivity contribution in [2.45, 2.75) is 19.1 Å². The Morgan fingerprint density at radius 2 is 1.89 bits per heavy atom. The second kappa shape index (κ2) is 12.1. The average molecular weight is 497 g/mol. The van der Waals surface area contributed by atoms with Gasteiger partial charge in [0.05, 0.1) is 38.9 Å². The number of methoxy groups -OCH3 is 2. The molecule has 0 spiro atoms. The van der Waals surface area contributed by atoms with E-state index in [9.17, 15) is 18.0 Å². The van der Waals surface area contributed by atoms with Crippen LogP contribution >= 0.6 is 0 Å². The molecule has 2 aromatic carbocycles. The van der Waals surface area contributed by atoms with E-state index in [0.717, 1.165) is 17.7 Å². The van der Waals surface area contributed by atoms with Crippen LogP contribution in [-0.4, -0.2) is 63.0 Å². The van der Waals surface area contributed by atoms with Gasteiger partial charge in [0.15, 0.2) is 11.5 Å². The third-order valence-corrected chi connectivity index (χ3v) is 5.90. The molecule has 0 bridgehead atoms. The van der Waals surface area contributed by atoms with Crippen molar-refractivity contribution < 1.29 is 37.3 Å². The van der Waals surface area contributed by atoms with Gasteiger partial charge in [-0.15, -0.1) is 0 Å². The molecule has 0 aromatic heterocycles. The van der Waals surface area contributed by atoms with Crippen molar-refractivity contribution in [1.82, 2.24) is 10.2 Å². The molecular formula is C25H31F3N2O5. The molecule has 0 aliphatic carbocycles. The number of alkyl halides is 3. The molecule has 1 saturated heterocycles. The minimum atomic E-state index is -4.45. The fourth-order valence-electron chi connectivity index (χ4n) is 4.28. The van der Waals surface area contributed by atoms with E-state index in [2.05, 4.69) is 10.2 Å². The van der Waals surface area contributed by atoms with Crippen LogP contribution in [-0.2, 0) is 17.5 Å². The fourth-order valence-corrected chi connectivity index (χ4v) is 4.28. The highest BCUT2D eigenvalue weighted by atomic mass is 19.4. The second-order valence-corrected chi connectivity index (χ2v) is 8.53. The summed E-state index contributed by atoms with van der Waals surface area (Å²) in [5, 5.41) is 11.8. The van der Waals surface area contributed by atoms with E-state index >= 15 is 0 Å². The van der Waals surface area contributed by atoms with Gasteiger partial charge in [-0.25, -0.2) is 0 Å². The molecule has 0 saturated carbocycles. The Bertz CT molecular complexity index is 986. The Kier molecular flexibility index (Phi) is 9.22. The van der Waals surface area contributed by atoms with Crippen molar-refractivity contribution in [1.29, 1.82) is 0 Å². The van der Waals surface area contributed by atoms with Crippen LogP contribution in [0.3, 0.4) is 0 Å². The largest absolute Gasteiger partial charge is 0.493 e. The minimum absolute atomic E-state index is 0.0803. The lowest BCUT2D eigenvalue weighted by atomic mass is 9.88. The number of halogens is 3. The average Bonchev–Trinajstić information content (AvgIpc) is 2.85. The van der Waals surface area contributed by atoms with Crippen LogP contribution in [0, 0.1) is 11.8 Å². The van der Waals surface area contributed by atoms with Crippen LogP contribution in [0.15, 0.2) is 42.5 Å². The Morgan fingerprint density at radius 3 is 2.57 bits per heavy atom. The Labute approximate surface area is 202 Å². The van der Waals surface area contributed by atoms with Gasteiger partial charge in [-0.2, -0.15) is 13.2 Å². The van der Waals surface area contributed by atoms with E-state index in [1.807, 2.05) is 18.2 Å². The number of amides is 1. The summed E-state index contributed by atoms with van der Waals surface area (Å²) in [6.45, 7) is 1.84. The summed E-state index contributed by atoms with van der Waals surface area (Å²) in [6, 6.07) is 10.4. The highest BCUT2D eigenvalue weighted by Crippen LogP contribution is 2.32. The minimum Gasteiger partial charge on any atom is -0.493 e. The van der Waals surface area contributed by atoms with Gasteiger partial charge in [-0.05, 0) is 42.3 Å². The maximum Gasteiger partial charge on any atom is 0.416 e. The van der Waals surface area contributed by atoms with Gasteiger partial charge in [0.1, 0.15) is 5.75 Å². The fraction of sp³-hybridized carbons (Fsp3) is 0.480. The quantitative estimate of drug-likeness (QED) is 0.525. The van der Waals surface area contributed by atoms with Crippen molar-refractivity contribution in [3.8, 4) is 17.2 Å². The van der Waals surface area contributed by atoms with Gasteiger partial charge in [0.25, 0.3) is 0 Å². The van der Waals surface area contributed by atoms with Crippen LogP contribution in [0.25, 0.3) is 0 Å². The number of nitrogens with one attached hydrogen (secondary N) is 1. The zero-order chi connectivity index (χ0) is 25.4. The Morgan fingerprint density at radius 1 is 1.11 bits per heavy atom. The summed E-state index contributed by atoms with van der Waals surface area (Å²) < 4.78 is 55.5. The van der Waals surface area contributed by atoms with Crippen molar-refractivity contribution in [2.75, 3.05) is 47.1 Å². The number of hydrogen-bond acceptors (Lipinski definition) is 6. The van der Waals surface area contributed by atoms with Crippen LogP contribution in [0.2, 0.25) is 0 Å². The standard InChI is InChI=1S/C25H31F3N2O5/c1-33-22-7-6-17(11-23(22)34-2)13-30-14-18(10-19(15-30)24(32)29-8-9-31)16-35-21-5-3-4-20(12-21)25(26,27)28/h3-7,11-12,18-19,31H,8-10,13-16H2,1-2H3,(H,29,32)/t18-,19+/m0/s1. The van der Waals surface area contributed by atoms with Crippen LogP contribution in [0.5, 0.6) is 17.2 Å². The number of rotatable bonds is 10. The third-order valence-electron chi connectivity index (χ3n) is 5.90. The number of nitrogens with zero attached hydrogens (tertiary/aromatic N) is 1. The molecule has 10 heteroatoms. The van der Waals surface area contributed by atoms with E-state index in [1.165, 1.54) is 12.1 Å². The number of benzene rings is 2. The lowest BCUT2D eigenvalue weighted by Crippen LogP contribution is -2.47. The SMILES string of the molecule is COc1ccc(CN2C[C@@H](COc3cccc(C(F)(F)F)c3)C[C@@H](C(=O)NCCO)C2)cc1OC. The molecule has 2 N–H and O–H groups in total. The molecule has 1 aliphatic rings. The predicted molar refractivity (Wildman–Crippen MR) is 123 cm³/mol. The van der Waals surface area contributed by atoms with E-state index in [4.69, 9.17) is 19.3 Å². The summed E-state index contributed by atoms with van der Waals surface area (Å²) in [6.07, 6.45) is -3.92. The normalized spacial score (nSPS) is 18.7. The van der Waals surface area contributed by atoms with Crippen molar-refractivity contribution in [3.05, 3.63) is 53.6 Å². The Balaban J connectivity index is 1.71. The third kappa shape index (κ3) is 7.50. The zero-order valence-electron chi connectivity index (χ0n) is 19.8. The molecule has 0 radical (unpaired) electrons. The number of carbonyl (C=O) groups is 1. The van der Waals surface area contributed by atoms with Crippen LogP contribution in [0.4, 0.5) is 13.2 Å². The van der Waals surface area contributed by atoms with Crippen molar-refractivity contribution >= 4 is 5.91 Å². The van der Waals surface area contributed by atoms with E-state index in [-0.39, 0.29) is 43.3 Å². The predicted octanol–water partition coefficient (Wildman–Crippen LogP) is 3.35. The maximum absolute atomic E-state index is 13.0. The zero-order valence-corrected chi connectivity index (χ0v) is 19.8. The van der Waals surface area contributed by atoms with E-state index in [0.29, 0.717) is 37.6 Å². The first kappa shape index (κ1) is 26.6. The highest BCUT2D eigenvalue weighted by Gasteiger charge is 2.33. The first-order valence-electron chi connectivity index (χ1n) is 11.3. The van der Waals surface area contributed by atoms with Gasteiger partial charge >= 0.3 is 6.18 Å². The lowest BCUT2D eigenvalue weighted by molar-refractivity contribution is -0.137. The van der Waals surface area contributed by atoms with E-state index in [1.54, 1.807) is 14.2 Å². The highest BCUT2D eigenvalue weighted by molar-refractivity contribution is 5.79. The topological polar surface area (TPSA) is 80.3 Å². The summed E-state index contributed by atoms with van der Waals surface area (Å²) in [5.74, 6) is 0.763. The molecule has 1 aliphatic heterocycles. The number of ether oxygens (including phenoxy) is 3.